The number of fused-ring (bicyclic) bond motifs is 1. The molecule has 1 fully saturated rings. The largest absolute Gasteiger partial charge is 0.459 e. The van der Waals surface area contributed by atoms with Gasteiger partial charge in [-0.25, -0.2) is 19.5 Å². The molecule has 2 aromatic heterocycles. The summed E-state index contributed by atoms with van der Waals surface area (Å²) < 4.78 is 28.2. The van der Waals surface area contributed by atoms with E-state index >= 15 is 0 Å². The molecule has 36 heavy (non-hydrogen) atoms. The van der Waals surface area contributed by atoms with Gasteiger partial charge in [0.05, 0.1) is 21.4 Å². The van der Waals surface area contributed by atoms with Crippen molar-refractivity contribution in [3.8, 4) is 11.5 Å². The van der Waals surface area contributed by atoms with Crippen LogP contribution in [0.4, 0.5) is 5.69 Å². The molecule has 0 amide bonds. The summed E-state index contributed by atoms with van der Waals surface area (Å²) in [4.78, 5) is 13.7. The topological polar surface area (TPSA) is 86.2 Å². The van der Waals surface area contributed by atoms with Crippen LogP contribution >= 0.6 is 18.9 Å². The molecule has 0 bridgehead atoms. The van der Waals surface area contributed by atoms with E-state index in [2.05, 4.69) is 15.3 Å². The summed E-state index contributed by atoms with van der Waals surface area (Å²) in [6, 6.07) is 25.7. The lowest BCUT2D eigenvalue weighted by molar-refractivity contribution is 0.375. The van der Waals surface area contributed by atoms with Gasteiger partial charge in [-0.3, -0.25) is 0 Å². The van der Waals surface area contributed by atoms with Gasteiger partial charge in [-0.1, -0.05) is 36.4 Å². The molecular weight excluding hydrogens is 491 g/mol. The van der Waals surface area contributed by atoms with Gasteiger partial charge in [0.25, 0.3) is 0 Å². The van der Waals surface area contributed by atoms with Gasteiger partial charge in [-0.05, 0) is 61.4 Å². The number of benzene rings is 3. The van der Waals surface area contributed by atoms with E-state index in [0.29, 0.717) is 23.1 Å². The second-order valence-corrected chi connectivity index (χ2v) is 11.4. The molecule has 2 heterocycles. The van der Waals surface area contributed by atoms with Gasteiger partial charge in [0.15, 0.2) is 5.78 Å². The summed E-state index contributed by atoms with van der Waals surface area (Å²) in [7, 11) is -3.96. The molecule has 9 heteroatoms. The Morgan fingerprint density at radius 2 is 1.58 bits per heavy atom. The minimum Gasteiger partial charge on any atom is -0.414 e. The molecule has 1 aliphatic carbocycles. The van der Waals surface area contributed by atoms with Crippen LogP contribution in [0.25, 0.3) is 10.2 Å². The van der Waals surface area contributed by atoms with Crippen molar-refractivity contribution in [1.29, 1.82) is 0 Å². The highest BCUT2D eigenvalue weighted by Crippen LogP contribution is 2.60. The van der Waals surface area contributed by atoms with Crippen molar-refractivity contribution >= 4 is 34.8 Å². The fraction of sp³-hybridized carbons (Fsp3) is 0.148. The van der Waals surface area contributed by atoms with Crippen LogP contribution in [0.15, 0.2) is 96.6 Å². The zero-order valence-corrected chi connectivity index (χ0v) is 20.9. The Morgan fingerprint density at radius 3 is 2.25 bits per heavy atom. The lowest BCUT2D eigenvalue weighted by Gasteiger charge is -2.28. The van der Waals surface area contributed by atoms with E-state index in [4.69, 9.17) is 14.0 Å². The minimum atomic E-state index is -3.96. The zero-order valence-electron chi connectivity index (χ0n) is 19.2. The van der Waals surface area contributed by atoms with Crippen molar-refractivity contribution in [3.05, 3.63) is 108 Å². The maximum atomic E-state index is 14.8. The molecule has 0 radical (unpaired) electrons. The van der Waals surface area contributed by atoms with Gasteiger partial charge in [0.1, 0.15) is 17.3 Å². The first-order valence-electron chi connectivity index (χ1n) is 11.7. The lowest BCUT2D eigenvalue weighted by Crippen LogP contribution is -2.20. The van der Waals surface area contributed by atoms with E-state index in [0.717, 1.165) is 34.6 Å². The number of para-hydroxylation sites is 2. The van der Waals surface area contributed by atoms with Crippen molar-refractivity contribution < 1.29 is 13.6 Å². The second-order valence-electron chi connectivity index (χ2n) is 8.54. The fourth-order valence-corrected chi connectivity index (χ4v) is 6.39. The maximum absolute atomic E-state index is 14.8. The van der Waals surface area contributed by atoms with E-state index < -0.39 is 13.4 Å². The smallest absolute Gasteiger partial charge is 0.414 e. The molecule has 0 spiro atoms. The van der Waals surface area contributed by atoms with Gasteiger partial charge in [-0.2, -0.15) is 0 Å². The number of aromatic nitrogens is 3. The summed E-state index contributed by atoms with van der Waals surface area (Å²) in [6.45, 7) is 0. The molecule has 5 aromatic rings. The standard InChI is InChI=1S/C27H23N4O3PS/c32-35(33-21-7-3-1-4-8-21,34-22-9-5-2-6-10-22)27(23-15-16-28-26(31-23)19-11-12-19)30-20-13-14-25-24(17-20)29-18-36-25/h1-10,13-19,27,30H,11-12H2. The van der Waals surface area contributed by atoms with Crippen molar-refractivity contribution in [2.45, 2.75) is 24.5 Å². The van der Waals surface area contributed by atoms with Crippen LogP contribution < -0.4 is 14.4 Å². The van der Waals surface area contributed by atoms with E-state index in [1.54, 1.807) is 53.4 Å². The average molecular weight is 515 g/mol. The highest BCUT2D eigenvalue weighted by Gasteiger charge is 2.43. The Labute approximate surface area is 212 Å². The van der Waals surface area contributed by atoms with Gasteiger partial charge >= 0.3 is 7.60 Å². The summed E-state index contributed by atoms with van der Waals surface area (Å²) >= 11 is 1.57. The summed E-state index contributed by atoms with van der Waals surface area (Å²) in [5.74, 6) is 1.06. The first-order valence-corrected chi connectivity index (χ1v) is 14.2. The quantitative estimate of drug-likeness (QED) is 0.205. The van der Waals surface area contributed by atoms with E-state index in [9.17, 15) is 4.57 Å². The molecule has 1 aliphatic rings. The molecule has 6 rings (SSSR count). The third-order valence-corrected chi connectivity index (χ3v) is 8.59. The number of nitrogens with zero attached hydrogens (tertiary/aromatic N) is 3. The third-order valence-electron chi connectivity index (χ3n) is 5.82. The van der Waals surface area contributed by atoms with Gasteiger partial charge in [0.2, 0.25) is 0 Å². The number of rotatable bonds is 9. The molecule has 0 aliphatic heterocycles. The molecule has 1 saturated carbocycles. The SMILES string of the molecule is O=P(Oc1ccccc1)(Oc1ccccc1)C(Nc1ccc2scnc2c1)c1ccnc(C2CC2)n1. The Morgan fingerprint density at radius 1 is 0.889 bits per heavy atom. The van der Waals surface area contributed by atoms with Crippen molar-refractivity contribution in [2.75, 3.05) is 5.32 Å². The molecule has 1 unspecified atom stereocenters. The van der Waals surface area contributed by atoms with Crippen LogP contribution in [0.3, 0.4) is 0 Å². The molecule has 0 saturated heterocycles. The van der Waals surface area contributed by atoms with Gasteiger partial charge < -0.3 is 14.4 Å². The zero-order chi connectivity index (χ0) is 24.4. The summed E-state index contributed by atoms with van der Waals surface area (Å²) in [6.07, 6.45) is 3.82. The van der Waals surface area contributed by atoms with Crippen LogP contribution in [0, 0.1) is 0 Å². The van der Waals surface area contributed by atoms with Crippen LogP contribution in [0.5, 0.6) is 11.5 Å². The first-order chi connectivity index (χ1) is 17.7. The fourth-order valence-electron chi connectivity index (χ4n) is 3.88. The average Bonchev–Trinajstić information content (AvgIpc) is 3.66. The summed E-state index contributed by atoms with van der Waals surface area (Å²) in [5.41, 5.74) is 3.94. The molecular formula is C27H23N4O3PS. The third kappa shape index (κ3) is 4.96. The van der Waals surface area contributed by atoms with Crippen LogP contribution in [0.1, 0.15) is 36.1 Å². The number of anilines is 1. The Balaban J connectivity index is 1.45. The minimum absolute atomic E-state index is 0.335. The Bertz CT molecular complexity index is 1480. The first kappa shape index (κ1) is 22.7. The highest BCUT2D eigenvalue weighted by molar-refractivity contribution is 7.55. The van der Waals surface area contributed by atoms with Gasteiger partial charge in [-0.15, -0.1) is 11.3 Å². The van der Waals surface area contributed by atoms with Crippen molar-refractivity contribution in [3.63, 3.8) is 0 Å². The molecule has 180 valence electrons. The number of hydrogen-bond donors (Lipinski definition) is 1. The second kappa shape index (κ2) is 9.72. The highest BCUT2D eigenvalue weighted by atomic mass is 32.1. The van der Waals surface area contributed by atoms with Gasteiger partial charge in [0, 0.05) is 17.8 Å². The van der Waals surface area contributed by atoms with Crippen molar-refractivity contribution in [1.82, 2.24) is 15.0 Å². The molecule has 3 aromatic carbocycles. The lowest BCUT2D eigenvalue weighted by atomic mass is 10.3. The Hall–Kier alpha value is -3.74. The van der Waals surface area contributed by atoms with Crippen LogP contribution in [-0.2, 0) is 4.57 Å². The van der Waals surface area contributed by atoms with E-state index in [1.807, 2.05) is 54.6 Å². The number of hydrogen-bond acceptors (Lipinski definition) is 8. The van der Waals surface area contributed by atoms with Crippen LogP contribution in [-0.4, -0.2) is 15.0 Å². The molecule has 1 N–H and O–H groups in total. The predicted octanol–water partition coefficient (Wildman–Crippen LogP) is 7.43. The molecule has 7 nitrogen and oxygen atoms in total. The van der Waals surface area contributed by atoms with Crippen molar-refractivity contribution in [2.24, 2.45) is 0 Å². The Kier molecular flexibility index (Phi) is 6.13. The van der Waals surface area contributed by atoms with Crippen LogP contribution in [0.2, 0.25) is 0 Å². The van der Waals surface area contributed by atoms with E-state index in [-0.39, 0.29) is 0 Å². The number of nitrogens with one attached hydrogen (secondary N) is 1. The monoisotopic (exact) mass is 514 g/mol. The predicted molar refractivity (Wildman–Crippen MR) is 142 cm³/mol. The maximum Gasteiger partial charge on any atom is 0.459 e. The summed E-state index contributed by atoms with van der Waals surface area (Å²) in [5, 5.41) is 3.41. The normalized spacial score (nSPS) is 14.3. The molecule has 1 atom stereocenters. The number of thiazole rings is 1. The van der Waals surface area contributed by atoms with E-state index in [1.165, 1.54) is 0 Å².